The number of nitriles is 1. The first kappa shape index (κ1) is 11.5. The van der Waals surface area contributed by atoms with Crippen LogP contribution >= 0.6 is 0 Å². The molecule has 4 nitrogen and oxygen atoms in total. The van der Waals surface area contributed by atoms with E-state index in [2.05, 4.69) is 16.4 Å². The molecule has 15 heavy (non-hydrogen) atoms. The van der Waals surface area contributed by atoms with Gasteiger partial charge in [-0.15, -0.1) is 0 Å². The van der Waals surface area contributed by atoms with E-state index in [0.29, 0.717) is 17.8 Å². The third kappa shape index (κ3) is 2.93. The zero-order valence-corrected chi connectivity index (χ0v) is 8.99. The SMILES string of the molecule is Cc1ccnc(NC(C)CCO)c1C#N. The molecule has 1 unspecified atom stereocenters. The van der Waals surface area contributed by atoms with Gasteiger partial charge in [0.2, 0.25) is 0 Å². The summed E-state index contributed by atoms with van der Waals surface area (Å²) in [7, 11) is 0. The maximum atomic E-state index is 8.96. The summed E-state index contributed by atoms with van der Waals surface area (Å²) in [6.07, 6.45) is 2.31. The lowest BCUT2D eigenvalue weighted by Crippen LogP contribution is -2.18. The molecule has 0 aromatic carbocycles. The number of hydrogen-bond acceptors (Lipinski definition) is 4. The predicted octanol–water partition coefficient (Wildman–Crippen LogP) is 1.44. The summed E-state index contributed by atoms with van der Waals surface area (Å²) in [5.41, 5.74) is 1.48. The van der Waals surface area contributed by atoms with Crippen molar-refractivity contribution >= 4 is 5.82 Å². The van der Waals surface area contributed by atoms with Crippen LogP contribution in [-0.2, 0) is 0 Å². The fourth-order valence-corrected chi connectivity index (χ4v) is 1.31. The number of nitrogens with zero attached hydrogens (tertiary/aromatic N) is 2. The highest BCUT2D eigenvalue weighted by atomic mass is 16.3. The Kier molecular flexibility index (Phi) is 4.07. The molecule has 80 valence electrons. The van der Waals surface area contributed by atoms with Crippen molar-refractivity contribution in [2.24, 2.45) is 0 Å². The molecule has 1 heterocycles. The molecule has 0 saturated heterocycles. The summed E-state index contributed by atoms with van der Waals surface area (Å²) in [6.45, 7) is 3.95. The number of hydrogen-bond donors (Lipinski definition) is 2. The average molecular weight is 205 g/mol. The van der Waals surface area contributed by atoms with Gasteiger partial charge in [0.15, 0.2) is 0 Å². The highest BCUT2D eigenvalue weighted by Gasteiger charge is 2.08. The number of anilines is 1. The van der Waals surface area contributed by atoms with Gasteiger partial charge < -0.3 is 10.4 Å². The molecule has 0 aliphatic carbocycles. The summed E-state index contributed by atoms with van der Waals surface area (Å²) in [4.78, 5) is 4.12. The second kappa shape index (κ2) is 5.32. The number of rotatable bonds is 4. The molecule has 0 saturated carbocycles. The van der Waals surface area contributed by atoms with Crippen molar-refractivity contribution in [2.45, 2.75) is 26.3 Å². The van der Waals surface area contributed by atoms with Crippen LogP contribution in [0, 0.1) is 18.3 Å². The van der Waals surface area contributed by atoms with Crippen molar-refractivity contribution in [3.63, 3.8) is 0 Å². The van der Waals surface area contributed by atoms with E-state index in [1.807, 2.05) is 13.8 Å². The third-order valence-electron chi connectivity index (χ3n) is 2.22. The number of nitrogens with one attached hydrogen (secondary N) is 1. The number of aliphatic hydroxyl groups is 1. The molecule has 0 radical (unpaired) electrons. The molecule has 0 amide bonds. The van der Waals surface area contributed by atoms with Crippen LogP contribution in [-0.4, -0.2) is 22.7 Å². The zero-order chi connectivity index (χ0) is 11.3. The predicted molar refractivity (Wildman–Crippen MR) is 58.5 cm³/mol. The van der Waals surface area contributed by atoms with E-state index in [0.717, 1.165) is 5.56 Å². The standard InChI is InChI=1S/C11H15N3O/c1-8-3-5-13-11(10(8)7-12)14-9(2)4-6-15/h3,5,9,15H,4,6H2,1-2H3,(H,13,14). The Morgan fingerprint density at radius 3 is 3.00 bits per heavy atom. The van der Waals surface area contributed by atoms with E-state index in [4.69, 9.17) is 10.4 Å². The minimum absolute atomic E-state index is 0.108. The largest absolute Gasteiger partial charge is 0.396 e. The Hall–Kier alpha value is -1.60. The van der Waals surface area contributed by atoms with E-state index in [1.165, 1.54) is 0 Å². The molecule has 2 N–H and O–H groups in total. The molecule has 1 rings (SSSR count). The Bertz CT molecular complexity index is 371. The highest BCUT2D eigenvalue weighted by Crippen LogP contribution is 2.16. The first-order valence-corrected chi connectivity index (χ1v) is 4.92. The monoisotopic (exact) mass is 205 g/mol. The van der Waals surface area contributed by atoms with Gasteiger partial charge in [-0.1, -0.05) is 0 Å². The van der Waals surface area contributed by atoms with Crippen LogP contribution in [0.25, 0.3) is 0 Å². The average Bonchev–Trinajstić information content (AvgIpc) is 2.18. The van der Waals surface area contributed by atoms with Crippen molar-refractivity contribution in [2.75, 3.05) is 11.9 Å². The zero-order valence-electron chi connectivity index (χ0n) is 8.99. The number of aliphatic hydroxyl groups excluding tert-OH is 1. The first-order valence-electron chi connectivity index (χ1n) is 4.92. The molecule has 4 heteroatoms. The molecule has 0 aliphatic heterocycles. The van der Waals surface area contributed by atoms with Crippen molar-refractivity contribution in [1.29, 1.82) is 5.26 Å². The van der Waals surface area contributed by atoms with Crippen LogP contribution in [0.2, 0.25) is 0 Å². The maximum Gasteiger partial charge on any atom is 0.144 e. The van der Waals surface area contributed by atoms with E-state index in [9.17, 15) is 0 Å². The van der Waals surface area contributed by atoms with Crippen molar-refractivity contribution in [3.05, 3.63) is 23.4 Å². The van der Waals surface area contributed by atoms with Crippen LogP contribution in [0.4, 0.5) is 5.82 Å². The Morgan fingerprint density at radius 1 is 1.67 bits per heavy atom. The summed E-state index contributed by atoms with van der Waals surface area (Å²) < 4.78 is 0. The van der Waals surface area contributed by atoms with Crippen LogP contribution < -0.4 is 5.32 Å². The van der Waals surface area contributed by atoms with Crippen LogP contribution in [0.15, 0.2) is 12.3 Å². The molecular weight excluding hydrogens is 190 g/mol. The fourth-order valence-electron chi connectivity index (χ4n) is 1.31. The Balaban J connectivity index is 2.86. The molecule has 1 atom stereocenters. The lowest BCUT2D eigenvalue weighted by Gasteiger charge is -2.14. The maximum absolute atomic E-state index is 8.96. The van der Waals surface area contributed by atoms with Gasteiger partial charge in [0.1, 0.15) is 11.9 Å². The van der Waals surface area contributed by atoms with Crippen molar-refractivity contribution < 1.29 is 5.11 Å². The molecular formula is C11H15N3O. The number of aromatic nitrogens is 1. The summed E-state index contributed by atoms with van der Waals surface area (Å²) in [6, 6.07) is 4.04. The third-order valence-corrected chi connectivity index (χ3v) is 2.22. The Morgan fingerprint density at radius 2 is 2.40 bits per heavy atom. The van der Waals surface area contributed by atoms with Gasteiger partial charge in [-0.2, -0.15) is 5.26 Å². The summed E-state index contributed by atoms with van der Waals surface area (Å²) in [5.74, 6) is 0.596. The van der Waals surface area contributed by atoms with E-state index >= 15 is 0 Å². The van der Waals surface area contributed by atoms with Gasteiger partial charge in [-0.25, -0.2) is 4.98 Å². The highest BCUT2D eigenvalue weighted by molar-refractivity contribution is 5.55. The lowest BCUT2D eigenvalue weighted by atomic mass is 10.1. The first-order chi connectivity index (χ1) is 7.19. The van der Waals surface area contributed by atoms with E-state index in [-0.39, 0.29) is 12.6 Å². The fraction of sp³-hybridized carbons (Fsp3) is 0.455. The van der Waals surface area contributed by atoms with Crippen molar-refractivity contribution in [1.82, 2.24) is 4.98 Å². The summed E-state index contributed by atoms with van der Waals surface area (Å²) >= 11 is 0. The molecule has 0 bridgehead atoms. The van der Waals surface area contributed by atoms with Gasteiger partial charge in [0.25, 0.3) is 0 Å². The van der Waals surface area contributed by atoms with Gasteiger partial charge in [-0.3, -0.25) is 0 Å². The summed E-state index contributed by atoms with van der Waals surface area (Å²) in [5, 5.41) is 20.8. The quantitative estimate of drug-likeness (QED) is 0.780. The van der Waals surface area contributed by atoms with E-state index < -0.39 is 0 Å². The van der Waals surface area contributed by atoms with E-state index in [1.54, 1.807) is 12.3 Å². The van der Waals surface area contributed by atoms with Crippen LogP contribution in [0.5, 0.6) is 0 Å². The molecule has 0 spiro atoms. The molecule has 1 aromatic rings. The second-order valence-corrected chi connectivity index (χ2v) is 3.52. The van der Waals surface area contributed by atoms with Gasteiger partial charge in [-0.05, 0) is 31.9 Å². The lowest BCUT2D eigenvalue weighted by molar-refractivity contribution is 0.282. The molecule has 0 aliphatic rings. The number of pyridine rings is 1. The minimum atomic E-state index is 0.108. The number of aryl methyl sites for hydroxylation is 1. The van der Waals surface area contributed by atoms with Crippen molar-refractivity contribution in [3.8, 4) is 6.07 Å². The smallest absolute Gasteiger partial charge is 0.144 e. The van der Waals surface area contributed by atoms with Crippen LogP contribution in [0.1, 0.15) is 24.5 Å². The van der Waals surface area contributed by atoms with Gasteiger partial charge in [0.05, 0.1) is 5.56 Å². The second-order valence-electron chi connectivity index (χ2n) is 3.52. The Labute approximate surface area is 89.6 Å². The molecule has 0 fully saturated rings. The van der Waals surface area contributed by atoms with Gasteiger partial charge >= 0.3 is 0 Å². The van der Waals surface area contributed by atoms with Gasteiger partial charge in [0, 0.05) is 18.8 Å². The minimum Gasteiger partial charge on any atom is -0.396 e. The molecule has 1 aromatic heterocycles. The van der Waals surface area contributed by atoms with Crippen LogP contribution in [0.3, 0.4) is 0 Å². The normalized spacial score (nSPS) is 11.9. The topological polar surface area (TPSA) is 68.9 Å².